The molecule has 0 radical (unpaired) electrons. The number of rotatable bonds is 5. The Morgan fingerprint density at radius 3 is 2.67 bits per heavy atom. The molecular formula is C18H26FNO6S. The lowest BCUT2D eigenvalue weighted by Gasteiger charge is -2.31. The summed E-state index contributed by atoms with van der Waals surface area (Å²) in [6, 6.07) is 3.13. The van der Waals surface area contributed by atoms with E-state index in [1.807, 2.05) is 0 Å². The molecule has 1 saturated heterocycles. The smallest absolute Gasteiger partial charge is 0.410 e. The number of hydrogen-bond acceptors (Lipinski definition) is 6. The van der Waals surface area contributed by atoms with Crippen LogP contribution in [0.15, 0.2) is 18.2 Å². The van der Waals surface area contributed by atoms with Crippen LogP contribution in [0.1, 0.15) is 50.8 Å². The highest BCUT2D eigenvalue weighted by atomic mass is 32.2. The molecule has 1 amide bonds. The average Bonchev–Trinajstić information content (AvgIpc) is 3.00. The van der Waals surface area contributed by atoms with Crippen LogP contribution in [0.25, 0.3) is 0 Å². The Labute approximate surface area is 159 Å². The van der Waals surface area contributed by atoms with Crippen molar-refractivity contribution in [1.29, 1.82) is 0 Å². The molecular weight excluding hydrogens is 377 g/mol. The van der Waals surface area contributed by atoms with E-state index in [-0.39, 0.29) is 5.56 Å². The van der Waals surface area contributed by atoms with Crippen LogP contribution in [0, 0.1) is 5.82 Å². The van der Waals surface area contributed by atoms with Crippen molar-refractivity contribution >= 4 is 16.2 Å². The average molecular weight is 403 g/mol. The minimum Gasteiger partial charge on any atom is -0.444 e. The maximum absolute atomic E-state index is 13.6. The molecule has 0 spiro atoms. The van der Waals surface area contributed by atoms with Crippen molar-refractivity contribution in [3.63, 3.8) is 0 Å². The highest BCUT2D eigenvalue weighted by molar-refractivity contribution is 7.85. The molecule has 152 valence electrons. The van der Waals surface area contributed by atoms with Gasteiger partial charge < -0.3 is 14.7 Å². The molecule has 0 aromatic heterocycles. The zero-order chi connectivity index (χ0) is 20.4. The quantitative estimate of drug-likeness (QED) is 0.760. The van der Waals surface area contributed by atoms with E-state index in [2.05, 4.69) is 0 Å². The minimum atomic E-state index is -3.73. The summed E-state index contributed by atoms with van der Waals surface area (Å²) in [5.41, 5.74) is -0.135. The summed E-state index contributed by atoms with van der Waals surface area (Å²) >= 11 is 0. The first kappa shape index (κ1) is 21.6. The van der Waals surface area contributed by atoms with Crippen molar-refractivity contribution in [2.75, 3.05) is 12.8 Å². The van der Waals surface area contributed by atoms with Gasteiger partial charge in [0.2, 0.25) is 0 Å². The number of hydrogen-bond donors (Lipinski definition) is 1. The first-order valence-corrected chi connectivity index (χ1v) is 10.5. The molecule has 7 nitrogen and oxygen atoms in total. The molecule has 2 atom stereocenters. The topological polar surface area (TPSA) is 93.1 Å². The van der Waals surface area contributed by atoms with Gasteiger partial charge in [-0.25, -0.2) is 9.18 Å². The Balaban J connectivity index is 2.25. The summed E-state index contributed by atoms with van der Waals surface area (Å²) in [4.78, 5) is 13.9. The van der Waals surface area contributed by atoms with Crippen molar-refractivity contribution in [2.24, 2.45) is 0 Å². The van der Waals surface area contributed by atoms with Gasteiger partial charge in [0.1, 0.15) is 11.4 Å². The van der Waals surface area contributed by atoms with E-state index in [0.29, 0.717) is 24.9 Å². The second-order valence-electron chi connectivity index (χ2n) is 7.64. The van der Waals surface area contributed by atoms with Crippen molar-refractivity contribution in [3.8, 4) is 0 Å². The molecule has 0 aliphatic carbocycles. The van der Waals surface area contributed by atoms with Crippen molar-refractivity contribution < 1.29 is 31.6 Å². The Morgan fingerprint density at radius 1 is 1.41 bits per heavy atom. The zero-order valence-electron chi connectivity index (χ0n) is 15.9. The van der Waals surface area contributed by atoms with Gasteiger partial charge in [-0.3, -0.25) is 4.18 Å². The van der Waals surface area contributed by atoms with E-state index in [1.165, 1.54) is 17.0 Å². The molecule has 1 aromatic carbocycles. The number of carbonyl (C=O) groups excluding carboxylic acids is 1. The van der Waals surface area contributed by atoms with Crippen LogP contribution in [-0.4, -0.2) is 49.0 Å². The van der Waals surface area contributed by atoms with Gasteiger partial charge in [-0.1, -0.05) is 6.07 Å². The Bertz CT molecular complexity index is 790. The molecule has 27 heavy (non-hydrogen) atoms. The summed E-state index contributed by atoms with van der Waals surface area (Å²) in [7, 11) is -3.73. The van der Waals surface area contributed by atoms with Crippen LogP contribution >= 0.6 is 0 Å². The molecule has 1 unspecified atom stereocenters. The summed E-state index contributed by atoms with van der Waals surface area (Å²) in [6.45, 7) is 5.31. The normalized spacial score (nSPS) is 19.2. The maximum atomic E-state index is 13.6. The largest absolute Gasteiger partial charge is 0.444 e. The third kappa shape index (κ3) is 6.15. The zero-order valence-corrected chi connectivity index (χ0v) is 16.8. The van der Waals surface area contributed by atoms with Gasteiger partial charge in [-0.2, -0.15) is 8.42 Å². The fraction of sp³-hybridized carbons (Fsp3) is 0.611. The molecule has 2 rings (SSSR count). The molecule has 1 aliphatic rings. The third-order valence-corrected chi connectivity index (χ3v) is 4.69. The number of aliphatic hydroxyl groups is 1. The summed E-state index contributed by atoms with van der Waals surface area (Å²) in [6.07, 6.45) is 0.476. The minimum absolute atomic E-state index is 0.212. The van der Waals surface area contributed by atoms with Crippen LogP contribution in [0.5, 0.6) is 0 Å². The van der Waals surface area contributed by atoms with Crippen molar-refractivity contribution in [2.45, 2.75) is 58.0 Å². The lowest BCUT2D eigenvalue weighted by molar-refractivity contribution is 0.00465. The van der Waals surface area contributed by atoms with E-state index in [1.54, 1.807) is 20.8 Å². The Morgan fingerprint density at radius 2 is 2.07 bits per heavy atom. The predicted molar refractivity (Wildman–Crippen MR) is 97.0 cm³/mol. The van der Waals surface area contributed by atoms with E-state index in [4.69, 9.17) is 8.92 Å². The lowest BCUT2D eigenvalue weighted by Crippen LogP contribution is -2.42. The molecule has 0 bridgehead atoms. The molecule has 1 N–H and O–H groups in total. The highest BCUT2D eigenvalue weighted by Crippen LogP contribution is 2.33. The van der Waals surface area contributed by atoms with Crippen LogP contribution in [-0.2, 0) is 25.6 Å². The van der Waals surface area contributed by atoms with Gasteiger partial charge in [-0.05, 0) is 56.9 Å². The summed E-state index contributed by atoms with van der Waals surface area (Å²) < 4.78 is 46.3. The molecule has 1 fully saturated rings. The standard InChI is InChI=1S/C18H26FNO6S/c1-18(2,3)26-17(22)20-9-5-6-15(20)16(21)14-8-7-13(19)10-12(14)11-25-27(4,23)24/h7-8,10,15-16,21H,5-6,9,11H2,1-4H3/t15-,16?/m0/s1. The number of aliphatic hydroxyl groups excluding tert-OH is 1. The van der Waals surface area contributed by atoms with Gasteiger partial charge >= 0.3 is 6.09 Å². The van der Waals surface area contributed by atoms with Crippen molar-refractivity contribution in [3.05, 3.63) is 35.1 Å². The molecule has 1 aliphatic heterocycles. The van der Waals surface area contributed by atoms with Gasteiger partial charge in [0.25, 0.3) is 10.1 Å². The van der Waals surface area contributed by atoms with E-state index >= 15 is 0 Å². The summed E-state index contributed by atoms with van der Waals surface area (Å²) in [5, 5.41) is 10.9. The highest BCUT2D eigenvalue weighted by Gasteiger charge is 2.37. The SMILES string of the molecule is CC(C)(C)OC(=O)N1CCC[C@H]1C(O)c1ccc(F)cc1COS(C)(=O)=O. The van der Waals surface area contributed by atoms with Crippen LogP contribution in [0.4, 0.5) is 9.18 Å². The Kier molecular flexibility index (Phi) is 6.49. The van der Waals surface area contributed by atoms with Crippen LogP contribution in [0.2, 0.25) is 0 Å². The van der Waals surface area contributed by atoms with Crippen LogP contribution < -0.4 is 0 Å². The number of amides is 1. The molecule has 9 heteroatoms. The van der Waals surface area contributed by atoms with Crippen molar-refractivity contribution in [1.82, 2.24) is 4.90 Å². The number of nitrogens with zero attached hydrogens (tertiary/aromatic N) is 1. The fourth-order valence-corrected chi connectivity index (χ4v) is 3.37. The number of benzene rings is 1. The number of ether oxygens (including phenoxy) is 1. The molecule has 0 saturated carbocycles. The van der Waals surface area contributed by atoms with E-state index in [9.17, 15) is 22.7 Å². The van der Waals surface area contributed by atoms with Gasteiger partial charge in [-0.15, -0.1) is 0 Å². The number of carbonyl (C=O) groups is 1. The maximum Gasteiger partial charge on any atom is 0.410 e. The van der Waals surface area contributed by atoms with Gasteiger partial charge in [0, 0.05) is 6.54 Å². The van der Waals surface area contributed by atoms with E-state index < -0.39 is 46.4 Å². The number of halogens is 1. The monoisotopic (exact) mass is 403 g/mol. The Hall–Kier alpha value is -1.71. The molecule has 1 aromatic rings. The second-order valence-corrected chi connectivity index (χ2v) is 9.28. The van der Waals surface area contributed by atoms with Gasteiger partial charge in [0.05, 0.1) is 25.0 Å². The van der Waals surface area contributed by atoms with E-state index in [0.717, 1.165) is 12.3 Å². The predicted octanol–water partition coefficient (Wildman–Crippen LogP) is 2.73. The second kappa shape index (κ2) is 8.12. The third-order valence-electron chi connectivity index (χ3n) is 4.14. The lowest BCUT2D eigenvalue weighted by atomic mass is 9.96. The first-order valence-electron chi connectivity index (χ1n) is 8.68. The first-order chi connectivity index (χ1) is 12.4. The molecule has 1 heterocycles. The number of likely N-dealkylation sites (tertiary alicyclic amines) is 1. The summed E-state index contributed by atoms with van der Waals surface area (Å²) in [5.74, 6) is -0.575. The fourth-order valence-electron chi connectivity index (χ4n) is 3.03. The van der Waals surface area contributed by atoms with Crippen LogP contribution in [0.3, 0.4) is 0 Å². The van der Waals surface area contributed by atoms with Gasteiger partial charge in [0.15, 0.2) is 0 Å².